The molecular weight excluding hydrogens is 250 g/mol. The molecular formula is C16H31N3O. The lowest BCUT2D eigenvalue weighted by Crippen LogP contribution is -2.56. The minimum Gasteiger partial charge on any atom is -0.340 e. The van der Waals surface area contributed by atoms with Gasteiger partial charge in [0.2, 0.25) is 5.91 Å². The molecule has 0 aromatic carbocycles. The zero-order valence-corrected chi connectivity index (χ0v) is 13.2. The monoisotopic (exact) mass is 281 g/mol. The Bertz CT molecular complexity index is 305. The minimum atomic E-state index is -0.324. The standard InChI is InChI=1S/C16H31N3O/c1-3-16(4-2,13-17)15(20)19-11-9-18(10-12-19)14-7-5-6-8-14/h14H,3-13,17H2,1-2H3. The molecule has 1 saturated carbocycles. The van der Waals surface area contributed by atoms with Crippen molar-refractivity contribution in [2.75, 3.05) is 32.7 Å². The molecule has 0 aromatic heterocycles. The minimum absolute atomic E-state index is 0.288. The van der Waals surface area contributed by atoms with Crippen LogP contribution in [0.5, 0.6) is 0 Å². The van der Waals surface area contributed by atoms with Crippen molar-refractivity contribution in [3.05, 3.63) is 0 Å². The topological polar surface area (TPSA) is 49.6 Å². The molecule has 20 heavy (non-hydrogen) atoms. The highest BCUT2D eigenvalue weighted by molar-refractivity contribution is 5.83. The highest BCUT2D eigenvalue weighted by atomic mass is 16.2. The zero-order chi connectivity index (χ0) is 14.6. The molecule has 2 rings (SSSR count). The van der Waals surface area contributed by atoms with Crippen molar-refractivity contribution in [3.63, 3.8) is 0 Å². The van der Waals surface area contributed by atoms with E-state index in [4.69, 9.17) is 5.73 Å². The van der Waals surface area contributed by atoms with E-state index in [2.05, 4.69) is 23.6 Å². The van der Waals surface area contributed by atoms with Gasteiger partial charge in [-0.1, -0.05) is 26.7 Å². The number of nitrogens with two attached hydrogens (primary N) is 1. The first-order chi connectivity index (χ1) is 9.66. The van der Waals surface area contributed by atoms with Crippen LogP contribution in [0.1, 0.15) is 52.4 Å². The molecule has 1 saturated heterocycles. The molecule has 0 atom stereocenters. The fourth-order valence-electron chi connectivity index (χ4n) is 3.82. The van der Waals surface area contributed by atoms with Gasteiger partial charge in [-0.15, -0.1) is 0 Å². The lowest BCUT2D eigenvalue weighted by molar-refractivity contribution is -0.144. The van der Waals surface area contributed by atoms with Gasteiger partial charge in [0, 0.05) is 38.8 Å². The van der Waals surface area contributed by atoms with Gasteiger partial charge in [0.1, 0.15) is 0 Å². The molecule has 1 aliphatic carbocycles. The maximum absolute atomic E-state index is 12.8. The van der Waals surface area contributed by atoms with E-state index < -0.39 is 0 Å². The normalized spacial score (nSPS) is 22.4. The van der Waals surface area contributed by atoms with Crippen LogP contribution in [0.15, 0.2) is 0 Å². The van der Waals surface area contributed by atoms with Crippen molar-refractivity contribution in [3.8, 4) is 0 Å². The molecule has 0 aromatic rings. The Hall–Kier alpha value is -0.610. The molecule has 2 aliphatic rings. The lowest BCUT2D eigenvalue weighted by Gasteiger charge is -2.42. The SMILES string of the molecule is CCC(CC)(CN)C(=O)N1CCN(C2CCCC2)CC1. The molecule has 1 heterocycles. The number of rotatable bonds is 5. The van der Waals surface area contributed by atoms with Crippen LogP contribution in [-0.2, 0) is 4.79 Å². The Labute approximate surface area is 123 Å². The van der Waals surface area contributed by atoms with Gasteiger partial charge in [-0.05, 0) is 25.7 Å². The van der Waals surface area contributed by atoms with Crippen LogP contribution in [0.2, 0.25) is 0 Å². The fourth-order valence-corrected chi connectivity index (χ4v) is 3.82. The fraction of sp³-hybridized carbons (Fsp3) is 0.938. The average Bonchev–Trinajstić information content (AvgIpc) is 3.04. The van der Waals surface area contributed by atoms with Gasteiger partial charge in [0.05, 0.1) is 5.41 Å². The van der Waals surface area contributed by atoms with E-state index in [0.29, 0.717) is 6.54 Å². The number of carbonyl (C=O) groups excluding carboxylic acids is 1. The van der Waals surface area contributed by atoms with Gasteiger partial charge in [-0.25, -0.2) is 0 Å². The Morgan fingerprint density at radius 3 is 2.10 bits per heavy atom. The molecule has 4 heteroatoms. The van der Waals surface area contributed by atoms with Crippen LogP contribution in [-0.4, -0.2) is 54.5 Å². The van der Waals surface area contributed by atoms with E-state index in [1.54, 1.807) is 0 Å². The second-order valence-corrected chi connectivity index (χ2v) is 6.46. The van der Waals surface area contributed by atoms with E-state index in [9.17, 15) is 4.79 Å². The van der Waals surface area contributed by atoms with Gasteiger partial charge in [0.15, 0.2) is 0 Å². The van der Waals surface area contributed by atoms with Crippen molar-refractivity contribution in [1.82, 2.24) is 9.80 Å². The maximum Gasteiger partial charge on any atom is 0.230 e. The zero-order valence-electron chi connectivity index (χ0n) is 13.2. The first kappa shape index (κ1) is 15.8. The van der Waals surface area contributed by atoms with Crippen molar-refractivity contribution >= 4 is 5.91 Å². The number of hydrogen-bond donors (Lipinski definition) is 1. The van der Waals surface area contributed by atoms with Crippen molar-refractivity contribution in [2.24, 2.45) is 11.1 Å². The Morgan fingerprint density at radius 2 is 1.65 bits per heavy atom. The second-order valence-electron chi connectivity index (χ2n) is 6.46. The number of hydrogen-bond acceptors (Lipinski definition) is 3. The Kier molecular flexibility index (Phi) is 5.44. The van der Waals surface area contributed by atoms with Gasteiger partial charge in [-0.3, -0.25) is 9.69 Å². The van der Waals surface area contributed by atoms with Crippen LogP contribution < -0.4 is 5.73 Å². The van der Waals surface area contributed by atoms with E-state index in [1.165, 1.54) is 25.7 Å². The van der Waals surface area contributed by atoms with E-state index in [1.807, 2.05) is 0 Å². The second kappa shape index (κ2) is 6.90. The van der Waals surface area contributed by atoms with Crippen molar-refractivity contribution in [1.29, 1.82) is 0 Å². The Morgan fingerprint density at radius 1 is 1.10 bits per heavy atom. The molecule has 116 valence electrons. The summed E-state index contributed by atoms with van der Waals surface area (Å²) in [4.78, 5) is 17.4. The third kappa shape index (κ3) is 3.01. The van der Waals surface area contributed by atoms with Crippen LogP contribution in [0, 0.1) is 5.41 Å². The molecule has 0 bridgehead atoms. The molecule has 4 nitrogen and oxygen atoms in total. The molecule has 1 aliphatic heterocycles. The molecule has 2 N–H and O–H groups in total. The smallest absolute Gasteiger partial charge is 0.230 e. The van der Waals surface area contributed by atoms with Gasteiger partial charge in [0.25, 0.3) is 0 Å². The average molecular weight is 281 g/mol. The summed E-state index contributed by atoms with van der Waals surface area (Å²) in [6.07, 6.45) is 7.16. The van der Waals surface area contributed by atoms with Gasteiger partial charge < -0.3 is 10.6 Å². The van der Waals surface area contributed by atoms with Gasteiger partial charge >= 0.3 is 0 Å². The summed E-state index contributed by atoms with van der Waals surface area (Å²) in [6, 6.07) is 0.781. The first-order valence-corrected chi connectivity index (χ1v) is 8.40. The van der Waals surface area contributed by atoms with Crippen LogP contribution in [0.3, 0.4) is 0 Å². The van der Waals surface area contributed by atoms with E-state index in [-0.39, 0.29) is 11.3 Å². The molecule has 0 unspecified atom stereocenters. The predicted molar refractivity (Wildman–Crippen MR) is 82.5 cm³/mol. The highest BCUT2D eigenvalue weighted by Gasteiger charge is 2.38. The third-order valence-corrected chi connectivity index (χ3v) is 5.64. The summed E-state index contributed by atoms with van der Waals surface area (Å²) in [5.41, 5.74) is 5.58. The summed E-state index contributed by atoms with van der Waals surface area (Å²) in [5, 5.41) is 0. The van der Waals surface area contributed by atoms with Crippen molar-refractivity contribution < 1.29 is 4.79 Å². The quantitative estimate of drug-likeness (QED) is 0.836. The lowest BCUT2D eigenvalue weighted by atomic mass is 9.80. The highest BCUT2D eigenvalue weighted by Crippen LogP contribution is 2.29. The van der Waals surface area contributed by atoms with Crippen LogP contribution in [0.25, 0.3) is 0 Å². The van der Waals surface area contributed by atoms with Gasteiger partial charge in [-0.2, -0.15) is 0 Å². The van der Waals surface area contributed by atoms with Crippen LogP contribution in [0.4, 0.5) is 0 Å². The Balaban J connectivity index is 1.90. The number of nitrogens with zero attached hydrogens (tertiary/aromatic N) is 2. The molecule has 1 amide bonds. The molecule has 2 fully saturated rings. The van der Waals surface area contributed by atoms with E-state index >= 15 is 0 Å². The number of amides is 1. The summed E-state index contributed by atoms with van der Waals surface area (Å²) in [7, 11) is 0. The number of piperazine rings is 1. The number of carbonyl (C=O) groups is 1. The largest absolute Gasteiger partial charge is 0.340 e. The summed E-state index contributed by atoms with van der Waals surface area (Å²) < 4.78 is 0. The van der Waals surface area contributed by atoms with Crippen molar-refractivity contribution in [2.45, 2.75) is 58.4 Å². The summed E-state index contributed by atoms with van der Waals surface area (Å²) in [5.74, 6) is 0.288. The summed E-state index contributed by atoms with van der Waals surface area (Å²) in [6.45, 7) is 8.51. The van der Waals surface area contributed by atoms with E-state index in [0.717, 1.165) is 45.1 Å². The maximum atomic E-state index is 12.8. The third-order valence-electron chi connectivity index (χ3n) is 5.64. The molecule has 0 spiro atoms. The predicted octanol–water partition coefficient (Wildman–Crippen LogP) is 1.84. The van der Waals surface area contributed by atoms with Crippen LogP contribution >= 0.6 is 0 Å². The summed E-state index contributed by atoms with van der Waals surface area (Å²) >= 11 is 0. The first-order valence-electron chi connectivity index (χ1n) is 8.40. The molecule has 0 radical (unpaired) electrons.